The second-order valence-electron chi connectivity index (χ2n) is 6.26. The van der Waals surface area contributed by atoms with Crippen LogP contribution in [0, 0.1) is 0 Å². The van der Waals surface area contributed by atoms with E-state index in [1.807, 2.05) is 0 Å². The topological polar surface area (TPSA) is 124 Å². The maximum Gasteiger partial charge on any atom is 0.419 e. The molecule has 10 nitrogen and oxygen atoms in total. The first-order valence-corrected chi connectivity index (χ1v) is 9.44. The van der Waals surface area contributed by atoms with Crippen LogP contribution < -0.4 is 20.3 Å². The number of amides is 2. The van der Waals surface area contributed by atoms with Crippen LogP contribution in [0.5, 0.6) is 5.19 Å². The Hall–Kier alpha value is -3.16. The molecule has 0 spiro atoms. The number of piperazine rings is 1. The SMILES string of the molecule is CC(COc1ncc(N2CCN(c3ncc(C(F)(F)F)cn3)CC2=O)s1)OC(N)=O. The van der Waals surface area contributed by atoms with Crippen molar-refractivity contribution in [3.8, 4) is 5.19 Å². The van der Waals surface area contributed by atoms with Crippen molar-refractivity contribution in [3.63, 3.8) is 0 Å². The molecule has 3 rings (SSSR count). The van der Waals surface area contributed by atoms with Crippen LogP contribution in [-0.4, -0.2) is 59.3 Å². The molecule has 0 radical (unpaired) electrons. The molecular formula is C16H17F3N6O4S. The quantitative estimate of drug-likeness (QED) is 0.711. The Morgan fingerprint density at radius 3 is 2.57 bits per heavy atom. The maximum absolute atomic E-state index is 12.6. The number of aromatic nitrogens is 3. The molecule has 2 aromatic heterocycles. The van der Waals surface area contributed by atoms with Crippen molar-refractivity contribution < 1.29 is 32.2 Å². The summed E-state index contributed by atoms with van der Waals surface area (Å²) in [5.74, 6) is -0.238. The van der Waals surface area contributed by atoms with E-state index in [0.717, 1.165) is 11.3 Å². The molecule has 3 heterocycles. The third-order valence-corrected chi connectivity index (χ3v) is 4.90. The van der Waals surface area contributed by atoms with Crippen LogP contribution in [-0.2, 0) is 15.7 Å². The molecule has 0 bridgehead atoms. The highest BCUT2D eigenvalue weighted by molar-refractivity contribution is 7.17. The molecule has 0 aromatic carbocycles. The first kappa shape index (κ1) is 21.5. The van der Waals surface area contributed by atoms with Gasteiger partial charge in [0.05, 0.1) is 11.8 Å². The lowest BCUT2D eigenvalue weighted by Crippen LogP contribution is -2.51. The molecule has 2 amide bonds. The number of carbonyl (C=O) groups excluding carboxylic acids is 2. The van der Waals surface area contributed by atoms with Gasteiger partial charge >= 0.3 is 12.3 Å². The van der Waals surface area contributed by atoms with Crippen LogP contribution in [0.3, 0.4) is 0 Å². The van der Waals surface area contributed by atoms with Gasteiger partial charge < -0.3 is 20.1 Å². The number of hydrogen-bond donors (Lipinski definition) is 1. The van der Waals surface area contributed by atoms with E-state index in [1.54, 1.807) is 6.92 Å². The predicted molar refractivity (Wildman–Crippen MR) is 99.3 cm³/mol. The van der Waals surface area contributed by atoms with Gasteiger partial charge in [0.2, 0.25) is 11.9 Å². The molecule has 1 aliphatic heterocycles. The summed E-state index contributed by atoms with van der Waals surface area (Å²) in [7, 11) is 0. The first-order valence-electron chi connectivity index (χ1n) is 8.62. The molecule has 1 unspecified atom stereocenters. The van der Waals surface area contributed by atoms with E-state index in [1.165, 1.54) is 16.0 Å². The van der Waals surface area contributed by atoms with Crippen LogP contribution in [0.25, 0.3) is 0 Å². The second-order valence-corrected chi connectivity index (χ2v) is 7.23. The number of alkyl halides is 3. The van der Waals surface area contributed by atoms with Crippen molar-refractivity contribution in [2.24, 2.45) is 5.73 Å². The summed E-state index contributed by atoms with van der Waals surface area (Å²) < 4.78 is 48.0. The fourth-order valence-electron chi connectivity index (χ4n) is 2.57. The van der Waals surface area contributed by atoms with Crippen molar-refractivity contribution in [1.82, 2.24) is 15.0 Å². The van der Waals surface area contributed by atoms with E-state index < -0.39 is 23.9 Å². The van der Waals surface area contributed by atoms with Crippen molar-refractivity contribution >= 4 is 34.3 Å². The van der Waals surface area contributed by atoms with Gasteiger partial charge in [-0.3, -0.25) is 9.69 Å². The van der Waals surface area contributed by atoms with Gasteiger partial charge in [0.1, 0.15) is 24.3 Å². The number of thiazole rings is 1. The molecule has 30 heavy (non-hydrogen) atoms. The minimum absolute atomic E-state index is 0.0445. The number of nitrogens with two attached hydrogens (primary N) is 1. The highest BCUT2D eigenvalue weighted by Crippen LogP contribution is 2.31. The third-order valence-electron chi connectivity index (χ3n) is 3.97. The summed E-state index contributed by atoms with van der Waals surface area (Å²) in [6, 6.07) is 0. The smallest absolute Gasteiger partial charge is 0.419 e. The normalized spacial score (nSPS) is 15.8. The Bertz CT molecular complexity index is 907. The Labute approximate surface area is 172 Å². The molecule has 162 valence electrons. The Kier molecular flexibility index (Phi) is 6.24. The minimum atomic E-state index is -4.53. The van der Waals surface area contributed by atoms with E-state index >= 15 is 0 Å². The van der Waals surface area contributed by atoms with Gasteiger partial charge in [-0.05, 0) is 6.92 Å². The summed E-state index contributed by atoms with van der Waals surface area (Å²) in [5.41, 5.74) is 3.97. The summed E-state index contributed by atoms with van der Waals surface area (Å²) in [5, 5.41) is 0.831. The standard InChI is InChI=1S/C16H17F3N6O4S/c1-9(29-13(20)27)8-28-15-23-6-12(30-15)25-3-2-24(7-11(25)26)14-21-4-10(5-22-14)16(17,18)19/h4-6,9H,2-3,7-8H2,1H3,(H2,20,27). The molecule has 2 N–H and O–H groups in total. The maximum atomic E-state index is 12.6. The largest absolute Gasteiger partial charge is 0.466 e. The van der Waals surface area contributed by atoms with Crippen LogP contribution >= 0.6 is 11.3 Å². The molecule has 1 atom stereocenters. The fraction of sp³-hybridized carbons (Fsp3) is 0.438. The summed E-state index contributed by atoms with van der Waals surface area (Å²) >= 11 is 1.13. The van der Waals surface area contributed by atoms with Gasteiger partial charge in [-0.15, -0.1) is 0 Å². The number of hydrogen-bond acceptors (Lipinski definition) is 9. The van der Waals surface area contributed by atoms with Crippen LogP contribution in [0.4, 0.5) is 28.9 Å². The van der Waals surface area contributed by atoms with E-state index in [-0.39, 0.29) is 36.7 Å². The van der Waals surface area contributed by atoms with Gasteiger partial charge in [-0.1, -0.05) is 11.3 Å². The molecule has 14 heteroatoms. The number of primary amides is 1. The first-order chi connectivity index (χ1) is 14.1. The monoisotopic (exact) mass is 446 g/mol. The van der Waals surface area contributed by atoms with Gasteiger partial charge in [0, 0.05) is 25.5 Å². The molecule has 2 aromatic rings. The average Bonchev–Trinajstić information content (AvgIpc) is 3.14. The zero-order chi connectivity index (χ0) is 21.9. The Balaban J connectivity index is 1.57. The third kappa shape index (κ3) is 5.25. The predicted octanol–water partition coefficient (Wildman–Crippen LogP) is 1.67. The highest BCUT2D eigenvalue weighted by atomic mass is 32.1. The van der Waals surface area contributed by atoms with Crippen molar-refractivity contribution in [2.45, 2.75) is 19.2 Å². The van der Waals surface area contributed by atoms with Crippen LogP contribution in [0.1, 0.15) is 12.5 Å². The fourth-order valence-corrected chi connectivity index (χ4v) is 3.39. The number of ether oxygens (including phenoxy) is 2. The van der Waals surface area contributed by atoms with E-state index in [0.29, 0.717) is 23.9 Å². The lowest BCUT2D eigenvalue weighted by Gasteiger charge is -2.33. The number of nitrogens with zero attached hydrogens (tertiary/aromatic N) is 5. The number of halogens is 3. The average molecular weight is 446 g/mol. The van der Waals surface area contributed by atoms with E-state index in [2.05, 4.69) is 15.0 Å². The van der Waals surface area contributed by atoms with Crippen LogP contribution in [0.15, 0.2) is 18.6 Å². The van der Waals surface area contributed by atoms with Crippen LogP contribution in [0.2, 0.25) is 0 Å². The zero-order valence-corrected chi connectivity index (χ0v) is 16.4. The molecule has 0 saturated carbocycles. The summed E-state index contributed by atoms with van der Waals surface area (Å²) in [6.45, 7) is 2.15. The Morgan fingerprint density at radius 2 is 1.97 bits per heavy atom. The lowest BCUT2D eigenvalue weighted by molar-refractivity contribution is -0.138. The molecule has 1 fully saturated rings. The Morgan fingerprint density at radius 1 is 1.27 bits per heavy atom. The second kappa shape index (κ2) is 8.69. The van der Waals surface area contributed by atoms with Gasteiger partial charge in [0.25, 0.3) is 5.19 Å². The number of rotatable bonds is 6. The lowest BCUT2D eigenvalue weighted by atomic mass is 10.3. The van der Waals surface area contributed by atoms with Crippen molar-refractivity contribution in [2.75, 3.05) is 36.0 Å². The number of carbonyl (C=O) groups is 2. The number of anilines is 2. The van der Waals surface area contributed by atoms with Crippen molar-refractivity contribution in [1.29, 1.82) is 0 Å². The van der Waals surface area contributed by atoms with Crippen molar-refractivity contribution in [3.05, 3.63) is 24.2 Å². The molecular weight excluding hydrogens is 429 g/mol. The highest BCUT2D eigenvalue weighted by Gasteiger charge is 2.32. The summed E-state index contributed by atoms with van der Waals surface area (Å²) in [6.07, 6.45) is -3.15. The van der Waals surface area contributed by atoms with Gasteiger partial charge in [-0.2, -0.15) is 13.2 Å². The molecule has 1 saturated heterocycles. The molecule has 1 aliphatic rings. The summed E-state index contributed by atoms with van der Waals surface area (Å²) in [4.78, 5) is 37.7. The zero-order valence-electron chi connectivity index (χ0n) is 15.6. The molecule has 0 aliphatic carbocycles. The van der Waals surface area contributed by atoms with Gasteiger partial charge in [0.15, 0.2) is 0 Å². The minimum Gasteiger partial charge on any atom is -0.466 e. The van der Waals surface area contributed by atoms with E-state index in [4.69, 9.17) is 15.2 Å². The van der Waals surface area contributed by atoms with Gasteiger partial charge in [-0.25, -0.2) is 19.7 Å². The van der Waals surface area contributed by atoms with E-state index in [9.17, 15) is 22.8 Å².